The van der Waals surface area contributed by atoms with Crippen molar-refractivity contribution in [2.75, 3.05) is 25.4 Å². The van der Waals surface area contributed by atoms with E-state index in [9.17, 15) is 8.42 Å². The van der Waals surface area contributed by atoms with Crippen LogP contribution < -0.4 is 10.0 Å². The van der Waals surface area contributed by atoms with Gasteiger partial charge in [-0.15, -0.1) is 24.0 Å². The molecular weight excluding hydrogens is 519 g/mol. The van der Waals surface area contributed by atoms with E-state index >= 15 is 0 Å². The van der Waals surface area contributed by atoms with Crippen molar-refractivity contribution in [1.29, 1.82) is 0 Å². The van der Waals surface area contributed by atoms with Gasteiger partial charge in [-0.1, -0.05) is 31.2 Å². The second-order valence-electron chi connectivity index (χ2n) is 7.32. The molecule has 1 heterocycles. The lowest BCUT2D eigenvalue weighted by molar-refractivity contribution is 0.408. The maximum absolute atomic E-state index is 12.3. The van der Waals surface area contributed by atoms with Crippen molar-refractivity contribution in [3.8, 4) is 0 Å². The molecule has 1 saturated heterocycles. The van der Waals surface area contributed by atoms with Crippen molar-refractivity contribution in [2.45, 2.75) is 57.7 Å². The topological polar surface area (TPSA) is 73.8 Å². The molecule has 29 heavy (non-hydrogen) atoms. The fourth-order valence-electron chi connectivity index (χ4n) is 3.20. The molecule has 166 valence electrons. The third-order valence-corrected chi connectivity index (χ3v) is 7.40. The molecule has 1 atom stereocenters. The SMILES string of the molecule is CCNC(=NCc1ccccc1CS(=O)(=O)NC(C)C)N1CCSC(CC)C1.I. The number of hydrogen-bond donors (Lipinski definition) is 2. The van der Waals surface area contributed by atoms with Crippen LogP contribution in [0.3, 0.4) is 0 Å². The van der Waals surface area contributed by atoms with Gasteiger partial charge in [0.2, 0.25) is 10.0 Å². The first kappa shape index (κ1) is 26.5. The maximum Gasteiger partial charge on any atom is 0.216 e. The minimum absolute atomic E-state index is 0. The molecule has 1 aliphatic heterocycles. The van der Waals surface area contributed by atoms with Gasteiger partial charge < -0.3 is 10.2 Å². The lowest BCUT2D eigenvalue weighted by Crippen LogP contribution is -2.48. The third-order valence-electron chi connectivity index (χ3n) is 4.51. The van der Waals surface area contributed by atoms with E-state index in [-0.39, 0.29) is 35.8 Å². The molecule has 1 aliphatic rings. The average Bonchev–Trinajstić information content (AvgIpc) is 2.65. The highest BCUT2D eigenvalue weighted by Gasteiger charge is 2.21. The van der Waals surface area contributed by atoms with Gasteiger partial charge in [-0.3, -0.25) is 0 Å². The molecule has 1 unspecified atom stereocenters. The second-order valence-corrected chi connectivity index (χ2v) is 10.5. The van der Waals surface area contributed by atoms with Crippen molar-refractivity contribution in [3.63, 3.8) is 0 Å². The number of nitrogens with zero attached hydrogens (tertiary/aromatic N) is 2. The lowest BCUT2D eigenvalue weighted by atomic mass is 10.1. The highest BCUT2D eigenvalue weighted by atomic mass is 127. The fraction of sp³-hybridized carbons (Fsp3) is 0.650. The number of thioether (sulfide) groups is 1. The highest BCUT2D eigenvalue weighted by Crippen LogP contribution is 2.21. The number of benzene rings is 1. The molecular formula is C20H35IN4O2S2. The first-order valence-corrected chi connectivity index (χ1v) is 12.8. The van der Waals surface area contributed by atoms with Crippen LogP contribution in [0.15, 0.2) is 29.3 Å². The van der Waals surface area contributed by atoms with E-state index in [1.54, 1.807) is 0 Å². The molecule has 1 aromatic carbocycles. The standard InChI is InChI=1S/C20H34N4O2S2.HI/c1-5-19-14-24(11-12-27-19)20(21-6-2)22-13-17-9-7-8-10-18(17)15-28(25,26)23-16(3)4;/h7-10,16,19,23H,5-6,11-15H2,1-4H3,(H,21,22);1H. The number of nitrogens with one attached hydrogen (secondary N) is 2. The van der Waals surface area contributed by atoms with Crippen molar-refractivity contribution in [2.24, 2.45) is 4.99 Å². The molecule has 6 nitrogen and oxygen atoms in total. The van der Waals surface area contributed by atoms with Crippen LogP contribution in [-0.4, -0.2) is 56.0 Å². The van der Waals surface area contributed by atoms with E-state index in [0.29, 0.717) is 11.8 Å². The Morgan fingerprint density at radius 2 is 1.97 bits per heavy atom. The lowest BCUT2D eigenvalue weighted by Gasteiger charge is -2.34. The summed E-state index contributed by atoms with van der Waals surface area (Å²) in [6, 6.07) is 7.55. The smallest absolute Gasteiger partial charge is 0.216 e. The Labute approximate surface area is 197 Å². The van der Waals surface area contributed by atoms with E-state index in [4.69, 9.17) is 4.99 Å². The molecule has 1 fully saturated rings. The summed E-state index contributed by atoms with van der Waals surface area (Å²) < 4.78 is 27.4. The second kappa shape index (κ2) is 13.0. The highest BCUT2D eigenvalue weighted by molar-refractivity contribution is 14.0. The Kier molecular flexibility index (Phi) is 11.9. The molecule has 0 saturated carbocycles. The van der Waals surface area contributed by atoms with Gasteiger partial charge in [0.15, 0.2) is 5.96 Å². The van der Waals surface area contributed by atoms with E-state index in [1.807, 2.05) is 49.9 Å². The Hall–Kier alpha value is -0.520. The fourth-order valence-corrected chi connectivity index (χ4v) is 5.88. The number of sulfonamides is 1. The summed E-state index contributed by atoms with van der Waals surface area (Å²) in [5.74, 6) is 2.00. The number of rotatable bonds is 8. The molecule has 1 aromatic rings. The Balaban J connectivity index is 0.00000420. The summed E-state index contributed by atoms with van der Waals surface area (Å²) in [6.07, 6.45) is 1.16. The molecule has 2 rings (SSSR count). The minimum atomic E-state index is -3.36. The Morgan fingerprint density at radius 1 is 1.28 bits per heavy atom. The van der Waals surface area contributed by atoms with Crippen LogP contribution in [0.25, 0.3) is 0 Å². The van der Waals surface area contributed by atoms with Gasteiger partial charge in [-0.2, -0.15) is 11.8 Å². The summed E-state index contributed by atoms with van der Waals surface area (Å²) in [5.41, 5.74) is 1.75. The molecule has 0 radical (unpaired) electrons. The summed E-state index contributed by atoms with van der Waals surface area (Å²) in [7, 11) is -3.36. The van der Waals surface area contributed by atoms with Gasteiger partial charge in [-0.25, -0.2) is 18.1 Å². The zero-order valence-electron chi connectivity index (χ0n) is 17.8. The van der Waals surface area contributed by atoms with Crippen LogP contribution in [-0.2, 0) is 22.3 Å². The van der Waals surface area contributed by atoms with Crippen LogP contribution in [0.1, 0.15) is 45.2 Å². The van der Waals surface area contributed by atoms with E-state index in [1.165, 1.54) is 0 Å². The number of aliphatic imine (C=N–C) groups is 1. The van der Waals surface area contributed by atoms with Gasteiger partial charge in [-0.05, 0) is 38.3 Å². The van der Waals surface area contributed by atoms with Crippen LogP contribution in [0.5, 0.6) is 0 Å². The predicted molar refractivity (Wildman–Crippen MR) is 136 cm³/mol. The first-order valence-electron chi connectivity index (χ1n) is 10.1. The van der Waals surface area contributed by atoms with Crippen molar-refractivity contribution in [3.05, 3.63) is 35.4 Å². The molecule has 0 amide bonds. The minimum Gasteiger partial charge on any atom is -0.357 e. The molecule has 0 aliphatic carbocycles. The number of guanidine groups is 1. The van der Waals surface area contributed by atoms with Crippen LogP contribution in [0.2, 0.25) is 0 Å². The predicted octanol–water partition coefficient (Wildman–Crippen LogP) is 3.43. The number of halogens is 1. The van der Waals surface area contributed by atoms with E-state index < -0.39 is 10.0 Å². The quantitative estimate of drug-likeness (QED) is 0.293. The average molecular weight is 555 g/mol. The van der Waals surface area contributed by atoms with Crippen molar-refractivity contribution in [1.82, 2.24) is 14.9 Å². The molecule has 0 spiro atoms. The summed E-state index contributed by atoms with van der Waals surface area (Å²) in [6.45, 7) is 11.2. The van der Waals surface area contributed by atoms with Gasteiger partial charge in [0, 0.05) is 36.7 Å². The first-order chi connectivity index (χ1) is 13.3. The molecule has 2 N–H and O–H groups in total. The third kappa shape index (κ3) is 9.02. The molecule has 0 bridgehead atoms. The van der Waals surface area contributed by atoms with Crippen LogP contribution in [0.4, 0.5) is 0 Å². The van der Waals surface area contributed by atoms with E-state index in [0.717, 1.165) is 48.9 Å². The summed E-state index contributed by atoms with van der Waals surface area (Å²) >= 11 is 2.03. The Morgan fingerprint density at radius 3 is 2.59 bits per heavy atom. The maximum atomic E-state index is 12.3. The summed E-state index contributed by atoms with van der Waals surface area (Å²) in [5, 5.41) is 4.03. The van der Waals surface area contributed by atoms with Gasteiger partial charge in [0.25, 0.3) is 0 Å². The van der Waals surface area contributed by atoms with Gasteiger partial charge in [0.1, 0.15) is 0 Å². The number of hydrogen-bond acceptors (Lipinski definition) is 4. The monoisotopic (exact) mass is 554 g/mol. The van der Waals surface area contributed by atoms with Gasteiger partial charge in [0.05, 0.1) is 12.3 Å². The molecule has 9 heteroatoms. The largest absolute Gasteiger partial charge is 0.357 e. The van der Waals surface area contributed by atoms with E-state index in [2.05, 4.69) is 28.8 Å². The summed E-state index contributed by atoms with van der Waals surface area (Å²) in [4.78, 5) is 7.16. The van der Waals surface area contributed by atoms with Gasteiger partial charge >= 0.3 is 0 Å². The molecule has 0 aromatic heterocycles. The zero-order valence-corrected chi connectivity index (χ0v) is 21.8. The normalized spacial score (nSPS) is 17.9. The van der Waals surface area contributed by atoms with Crippen LogP contribution >= 0.6 is 35.7 Å². The Bertz CT molecular complexity index is 757. The zero-order chi connectivity index (χ0) is 20.6. The van der Waals surface area contributed by atoms with Crippen LogP contribution in [0, 0.1) is 0 Å². The van der Waals surface area contributed by atoms with Crippen molar-refractivity contribution < 1.29 is 8.42 Å². The van der Waals surface area contributed by atoms with Crippen molar-refractivity contribution >= 4 is 51.7 Å².